The first-order valence-electron chi connectivity index (χ1n) is 5.14. The fraction of sp³-hybridized carbons (Fsp3) is 0.167. The summed E-state index contributed by atoms with van der Waals surface area (Å²) in [6, 6.07) is 9.64. The van der Waals surface area contributed by atoms with Crippen LogP contribution in [0.2, 0.25) is 10.0 Å². The lowest BCUT2D eigenvalue weighted by Gasteiger charge is -2.15. The predicted octanol–water partition coefficient (Wildman–Crippen LogP) is 3.80. The van der Waals surface area contributed by atoms with E-state index in [0.29, 0.717) is 0 Å². The number of nitrogens with one attached hydrogen (secondary N) is 1. The smallest absolute Gasteiger partial charge is 0.0608 e. The van der Waals surface area contributed by atoms with Gasteiger partial charge in [0.15, 0.2) is 0 Å². The van der Waals surface area contributed by atoms with Gasteiger partial charge in [-0.15, -0.1) is 11.3 Å². The van der Waals surface area contributed by atoms with E-state index in [1.54, 1.807) is 11.3 Å². The lowest BCUT2D eigenvalue weighted by molar-refractivity contribution is 0.561. The number of thiophene rings is 1. The molecular formula is C12H12Cl2N2S. The molecule has 0 saturated heterocycles. The Labute approximate surface area is 114 Å². The number of benzene rings is 1. The Balaban J connectivity index is 2.19. The molecule has 3 N–H and O–H groups in total. The molecule has 0 radical (unpaired) electrons. The zero-order valence-electron chi connectivity index (χ0n) is 8.99. The minimum atomic E-state index is 0.0148. The van der Waals surface area contributed by atoms with Crippen LogP contribution in [-0.4, -0.2) is 0 Å². The van der Waals surface area contributed by atoms with E-state index in [1.807, 2.05) is 35.7 Å². The lowest BCUT2D eigenvalue weighted by atomic mass is 10.1. The van der Waals surface area contributed by atoms with Gasteiger partial charge in [-0.25, -0.2) is 0 Å². The van der Waals surface area contributed by atoms with Crippen LogP contribution in [0.5, 0.6) is 0 Å². The second-order valence-electron chi connectivity index (χ2n) is 3.69. The van der Waals surface area contributed by atoms with Crippen molar-refractivity contribution in [3.8, 4) is 0 Å². The molecule has 0 bridgehead atoms. The molecule has 1 atom stereocenters. The van der Waals surface area contributed by atoms with Gasteiger partial charge in [0.05, 0.1) is 11.1 Å². The van der Waals surface area contributed by atoms with Gasteiger partial charge < -0.3 is 0 Å². The van der Waals surface area contributed by atoms with E-state index in [-0.39, 0.29) is 6.04 Å². The Kier molecular flexibility index (Phi) is 4.42. The molecule has 90 valence electrons. The third-order valence-corrected chi connectivity index (χ3v) is 4.20. The average molecular weight is 287 g/mol. The first kappa shape index (κ1) is 12.9. The van der Waals surface area contributed by atoms with Crippen molar-refractivity contribution >= 4 is 34.5 Å². The predicted molar refractivity (Wildman–Crippen MR) is 74.5 cm³/mol. The fourth-order valence-corrected chi connectivity index (χ4v) is 3.14. The fourth-order valence-electron chi connectivity index (χ4n) is 1.68. The van der Waals surface area contributed by atoms with Gasteiger partial charge in [-0.05, 0) is 35.6 Å². The third-order valence-electron chi connectivity index (χ3n) is 2.49. The van der Waals surface area contributed by atoms with Crippen LogP contribution in [0.1, 0.15) is 16.5 Å². The molecule has 1 heterocycles. The maximum atomic E-state index is 6.10. The molecular weight excluding hydrogens is 275 g/mol. The quantitative estimate of drug-likeness (QED) is 0.663. The summed E-state index contributed by atoms with van der Waals surface area (Å²) in [4.78, 5) is 1.05. The first-order chi connectivity index (χ1) is 8.20. The van der Waals surface area contributed by atoms with Crippen molar-refractivity contribution in [3.05, 3.63) is 56.2 Å². The van der Waals surface area contributed by atoms with E-state index in [2.05, 4.69) is 5.43 Å². The van der Waals surface area contributed by atoms with E-state index in [1.165, 1.54) is 0 Å². The Bertz CT molecular complexity index is 499. The summed E-state index contributed by atoms with van der Waals surface area (Å²) >= 11 is 13.7. The Hall–Kier alpha value is -0.580. The second kappa shape index (κ2) is 5.85. The van der Waals surface area contributed by atoms with Crippen molar-refractivity contribution in [1.82, 2.24) is 5.43 Å². The minimum absolute atomic E-state index is 0.0148. The topological polar surface area (TPSA) is 38.0 Å². The van der Waals surface area contributed by atoms with Gasteiger partial charge in [-0.2, -0.15) is 0 Å². The molecule has 2 nitrogen and oxygen atoms in total. The van der Waals surface area contributed by atoms with Crippen molar-refractivity contribution in [2.24, 2.45) is 5.84 Å². The van der Waals surface area contributed by atoms with Crippen LogP contribution in [0.4, 0.5) is 0 Å². The highest BCUT2D eigenvalue weighted by atomic mass is 35.5. The van der Waals surface area contributed by atoms with Crippen molar-refractivity contribution in [2.45, 2.75) is 12.5 Å². The number of rotatable bonds is 4. The standard InChI is InChI=1S/C12H12Cl2N2S/c13-9-3-1-2-8(6-9)7-11(16-15)12-10(14)4-5-17-12/h1-6,11,16H,7,15H2. The van der Waals surface area contributed by atoms with Gasteiger partial charge in [0.1, 0.15) is 0 Å². The largest absolute Gasteiger partial charge is 0.271 e. The second-order valence-corrected chi connectivity index (χ2v) is 5.48. The Morgan fingerprint density at radius 2 is 2.12 bits per heavy atom. The highest BCUT2D eigenvalue weighted by molar-refractivity contribution is 7.10. The molecule has 1 aromatic heterocycles. The highest BCUT2D eigenvalue weighted by Gasteiger charge is 2.15. The number of nitrogens with two attached hydrogens (primary N) is 1. The van der Waals surface area contributed by atoms with Gasteiger partial charge in [0, 0.05) is 9.90 Å². The molecule has 5 heteroatoms. The lowest BCUT2D eigenvalue weighted by Crippen LogP contribution is -2.29. The van der Waals surface area contributed by atoms with E-state index in [0.717, 1.165) is 26.9 Å². The zero-order valence-corrected chi connectivity index (χ0v) is 11.3. The summed E-state index contributed by atoms with van der Waals surface area (Å²) in [5.41, 5.74) is 3.93. The summed E-state index contributed by atoms with van der Waals surface area (Å²) in [6.45, 7) is 0. The van der Waals surface area contributed by atoms with Crippen molar-refractivity contribution in [1.29, 1.82) is 0 Å². The van der Waals surface area contributed by atoms with Crippen LogP contribution in [0.25, 0.3) is 0 Å². The molecule has 2 rings (SSSR count). The summed E-state index contributed by atoms with van der Waals surface area (Å²) in [7, 11) is 0. The molecule has 0 aliphatic rings. The van der Waals surface area contributed by atoms with Crippen molar-refractivity contribution < 1.29 is 0 Å². The van der Waals surface area contributed by atoms with Crippen LogP contribution in [0, 0.1) is 0 Å². The Morgan fingerprint density at radius 1 is 1.29 bits per heavy atom. The zero-order chi connectivity index (χ0) is 12.3. The maximum absolute atomic E-state index is 6.10. The molecule has 2 aromatic rings. The van der Waals surface area contributed by atoms with Crippen LogP contribution in [0.15, 0.2) is 35.7 Å². The third kappa shape index (κ3) is 3.21. The molecule has 1 aromatic carbocycles. The number of hydrogen-bond acceptors (Lipinski definition) is 3. The molecule has 17 heavy (non-hydrogen) atoms. The summed E-state index contributed by atoms with van der Waals surface area (Å²) in [5, 5.41) is 3.44. The average Bonchev–Trinajstić information content (AvgIpc) is 2.72. The first-order valence-corrected chi connectivity index (χ1v) is 6.77. The molecule has 0 aliphatic heterocycles. The van der Waals surface area contributed by atoms with Gasteiger partial charge in [-0.1, -0.05) is 35.3 Å². The number of halogens is 2. The molecule has 1 unspecified atom stereocenters. The van der Waals surface area contributed by atoms with Gasteiger partial charge in [-0.3, -0.25) is 11.3 Å². The summed E-state index contributed by atoms with van der Waals surface area (Å²) in [5.74, 6) is 5.58. The summed E-state index contributed by atoms with van der Waals surface area (Å²) in [6.07, 6.45) is 0.761. The molecule has 0 fully saturated rings. The van der Waals surface area contributed by atoms with Gasteiger partial charge in [0.25, 0.3) is 0 Å². The van der Waals surface area contributed by atoms with E-state index < -0.39 is 0 Å². The minimum Gasteiger partial charge on any atom is -0.271 e. The summed E-state index contributed by atoms with van der Waals surface area (Å²) < 4.78 is 0. The van der Waals surface area contributed by atoms with Crippen LogP contribution < -0.4 is 11.3 Å². The highest BCUT2D eigenvalue weighted by Crippen LogP contribution is 2.30. The number of hydrogen-bond donors (Lipinski definition) is 2. The van der Waals surface area contributed by atoms with E-state index >= 15 is 0 Å². The van der Waals surface area contributed by atoms with Crippen LogP contribution in [0.3, 0.4) is 0 Å². The SMILES string of the molecule is NNC(Cc1cccc(Cl)c1)c1sccc1Cl. The van der Waals surface area contributed by atoms with Crippen molar-refractivity contribution in [3.63, 3.8) is 0 Å². The van der Waals surface area contributed by atoms with E-state index in [9.17, 15) is 0 Å². The van der Waals surface area contributed by atoms with Crippen LogP contribution in [-0.2, 0) is 6.42 Å². The molecule has 0 amide bonds. The van der Waals surface area contributed by atoms with Crippen LogP contribution >= 0.6 is 34.5 Å². The van der Waals surface area contributed by atoms with E-state index in [4.69, 9.17) is 29.0 Å². The normalized spacial score (nSPS) is 12.6. The molecule has 0 spiro atoms. The van der Waals surface area contributed by atoms with Crippen molar-refractivity contribution in [2.75, 3.05) is 0 Å². The van der Waals surface area contributed by atoms with Gasteiger partial charge in [0.2, 0.25) is 0 Å². The molecule has 0 aliphatic carbocycles. The maximum Gasteiger partial charge on any atom is 0.0608 e. The number of hydrazine groups is 1. The molecule has 0 saturated carbocycles. The van der Waals surface area contributed by atoms with Gasteiger partial charge >= 0.3 is 0 Å². The monoisotopic (exact) mass is 286 g/mol. The Morgan fingerprint density at radius 3 is 2.71 bits per heavy atom.